The molecule has 0 aliphatic carbocycles. The lowest BCUT2D eigenvalue weighted by atomic mass is 9.94. The molecular formula is C14H26N2OS. The lowest BCUT2D eigenvalue weighted by Gasteiger charge is -2.24. The van der Waals surface area contributed by atoms with Crippen molar-refractivity contribution in [2.75, 3.05) is 25.4 Å². The summed E-state index contributed by atoms with van der Waals surface area (Å²) in [4.78, 5) is 11.8. The molecule has 3 nitrogen and oxygen atoms in total. The lowest BCUT2D eigenvalue weighted by molar-refractivity contribution is -0.121. The van der Waals surface area contributed by atoms with Gasteiger partial charge in [0.25, 0.3) is 0 Å². The van der Waals surface area contributed by atoms with E-state index in [1.807, 2.05) is 11.8 Å². The third kappa shape index (κ3) is 4.47. The maximum atomic E-state index is 11.8. The third-order valence-corrected chi connectivity index (χ3v) is 5.68. The fourth-order valence-electron chi connectivity index (χ4n) is 2.86. The van der Waals surface area contributed by atoms with E-state index in [1.165, 1.54) is 31.4 Å². The summed E-state index contributed by atoms with van der Waals surface area (Å²) < 4.78 is 0.294. The zero-order valence-corrected chi connectivity index (χ0v) is 12.3. The Morgan fingerprint density at radius 2 is 2.39 bits per heavy atom. The van der Waals surface area contributed by atoms with Gasteiger partial charge >= 0.3 is 0 Å². The van der Waals surface area contributed by atoms with Gasteiger partial charge in [0.2, 0.25) is 5.91 Å². The van der Waals surface area contributed by atoms with Crippen LogP contribution in [-0.2, 0) is 4.79 Å². The largest absolute Gasteiger partial charge is 0.355 e. The van der Waals surface area contributed by atoms with Gasteiger partial charge < -0.3 is 10.6 Å². The van der Waals surface area contributed by atoms with E-state index in [4.69, 9.17) is 0 Å². The molecule has 0 saturated carbocycles. The molecule has 2 aliphatic rings. The summed E-state index contributed by atoms with van der Waals surface area (Å²) in [7, 11) is 0. The molecule has 2 atom stereocenters. The van der Waals surface area contributed by atoms with Crippen LogP contribution in [0.1, 0.15) is 45.4 Å². The first-order valence-electron chi connectivity index (χ1n) is 7.29. The smallest absolute Gasteiger partial charge is 0.220 e. The van der Waals surface area contributed by atoms with Crippen LogP contribution in [0.4, 0.5) is 0 Å². The van der Waals surface area contributed by atoms with Crippen molar-refractivity contribution in [2.45, 2.75) is 50.2 Å². The first kappa shape index (κ1) is 14.2. The molecule has 0 bridgehead atoms. The van der Waals surface area contributed by atoms with E-state index < -0.39 is 0 Å². The number of rotatable bonds is 5. The molecule has 18 heavy (non-hydrogen) atoms. The van der Waals surface area contributed by atoms with Crippen LogP contribution in [0.5, 0.6) is 0 Å². The number of piperidine rings is 1. The first-order chi connectivity index (χ1) is 8.68. The van der Waals surface area contributed by atoms with E-state index >= 15 is 0 Å². The Morgan fingerprint density at radius 3 is 3.06 bits per heavy atom. The number of hydrogen-bond acceptors (Lipinski definition) is 3. The summed E-state index contributed by atoms with van der Waals surface area (Å²) in [5.41, 5.74) is 0. The Bertz CT molecular complexity index is 271. The fourth-order valence-corrected chi connectivity index (χ4v) is 4.10. The minimum Gasteiger partial charge on any atom is -0.355 e. The van der Waals surface area contributed by atoms with E-state index in [9.17, 15) is 4.79 Å². The Labute approximate surface area is 115 Å². The van der Waals surface area contributed by atoms with Gasteiger partial charge in [-0.05, 0) is 63.8 Å². The summed E-state index contributed by atoms with van der Waals surface area (Å²) in [6.45, 7) is 5.37. The van der Waals surface area contributed by atoms with Gasteiger partial charge in [0, 0.05) is 17.7 Å². The normalized spacial score (nSPS) is 32.4. The lowest BCUT2D eigenvalue weighted by Crippen LogP contribution is -2.37. The van der Waals surface area contributed by atoms with E-state index in [-0.39, 0.29) is 5.91 Å². The minimum absolute atomic E-state index is 0.245. The van der Waals surface area contributed by atoms with Gasteiger partial charge in [0.15, 0.2) is 0 Å². The van der Waals surface area contributed by atoms with Gasteiger partial charge in [-0.15, -0.1) is 0 Å². The summed E-state index contributed by atoms with van der Waals surface area (Å²) in [6.07, 6.45) is 6.83. The molecule has 2 aliphatic heterocycles. The van der Waals surface area contributed by atoms with Gasteiger partial charge in [-0.25, -0.2) is 0 Å². The summed E-state index contributed by atoms with van der Waals surface area (Å²) >= 11 is 2.01. The number of hydrogen-bond donors (Lipinski definition) is 2. The van der Waals surface area contributed by atoms with E-state index in [2.05, 4.69) is 17.6 Å². The molecule has 0 aromatic rings. The minimum atomic E-state index is 0.245. The molecule has 2 rings (SSSR count). The SMILES string of the molecule is CC1(CNC(=O)CCC2CCCNC2)CCCS1. The van der Waals surface area contributed by atoms with Gasteiger partial charge in [0.05, 0.1) is 0 Å². The molecule has 0 radical (unpaired) electrons. The molecule has 2 saturated heterocycles. The van der Waals surface area contributed by atoms with Crippen LogP contribution in [0, 0.1) is 5.92 Å². The highest BCUT2D eigenvalue weighted by molar-refractivity contribution is 8.00. The monoisotopic (exact) mass is 270 g/mol. The second kappa shape index (κ2) is 6.80. The van der Waals surface area contributed by atoms with Crippen molar-refractivity contribution in [3.63, 3.8) is 0 Å². The summed E-state index contributed by atoms with van der Waals surface area (Å²) in [5.74, 6) is 2.20. The van der Waals surface area contributed by atoms with Crippen molar-refractivity contribution in [1.82, 2.24) is 10.6 Å². The molecule has 1 amide bonds. The van der Waals surface area contributed by atoms with Crippen molar-refractivity contribution in [1.29, 1.82) is 0 Å². The van der Waals surface area contributed by atoms with Crippen molar-refractivity contribution in [3.8, 4) is 0 Å². The molecule has 2 unspecified atom stereocenters. The van der Waals surface area contributed by atoms with Crippen molar-refractivity contribution >= 4 is 17.7 Å². The number of thioether (sulfide) groups is 1. The van der Waals surface area contributed by atoms with Crippen LogP contribution >= 0.6 is 11.8 Å². The van der Waals surface area contributed by atoms with Crippen LogP contribution in [0.15, 0.2) is 0 Å². The summed E-state index contributed by atoms with van der Waals surface area (Å²) in [5, 5.41) is 6.53. The summed E-state index contributed by atoms with van der Waals surface area (Å²) in [6, 6.07) is 0. The average molecular weight is 270 g/mol. The van der Waals surface area contributed by atoms with Crippen LogP contribution in [0.25, 0.3) is 0 Å². The Kier molecular flexibility index (Phi) is 5.37. The predicted octanol–water partition coefficient (Wildman–Crippen LogP) is 2.17. The molecule has 0 spiro atoms. The second-order valence-electron chi connectivity index (χ2n) is 5.93. The Morgan fingerprint density at radius 1 is 1.50 bits per heavy atom. The maximum absolute atomic E-state index is 11.8. The van der Waals surface area contributed by atoms with E-state index in [1.54, 1.807) is 0 Å². The van der Waals surface area contributed by atoms with Crippen LogP contribution in [0.3, 0.4) is 0 Å². The number of carbonyl (C=O) groups is 1. The van der Waals surface area contributed by atoms with Gasteiger partial charge in [-0.2, -0.15) is 11.8 Å². The topological polar surface area (TPSA) is 41.1 Å². The molecule has 0 aromatic carbocycles. The highest BCUT2D eigenvalue weighted by atomic mass is 32.2. The van der Waals surface area contributed by atoms with Gasteiger partial charge in [0.1, 0.15) is 0 Å². The second-order valence-corrected chi connectivity index (χ2v) is 7.61. The maximum Gasteiger partial charge on any atom is 0.220 e. The van der Waals surface area contributed by atoms with E-state index in [0.29, 0.717) is 17.1 Å². The van der Waals surface area contributed by atoms with Crippen LogP contribution in [0.2, 0.25) is 0 Å². The Balaban J connectivity index is 1.59. The van der Waals surface area contributed by atoms with Crippen molar-refractivity contribution < 1.29 is 4.79 Å². The number of carbonyl (C=O) groups excluding carboxylic acids is 1. The molecule has 2 fully saturated rings. The molecule has 0 aromatic heterocycles. The van der Waals surface area contributed by atoms with Gasteiger partial charge in [-0.3, -0.25) is 4.79 Å². The first-order valence-corrected chi connectivity index (χ1v) is 8.28. The Hall–Kier alpha value is -0.220. The highest BCUT2D eigenvalue weighted by Gasteiger charge is 2.29. The standard InChI is InChI=1S/C14H26N2OS/c1-14(7-3-9-18-14)11-16-13(17)6-5-12-4-2-8-15-10-12/h12,15H,2-11H2,1H3,(H,16,17). The molecule has 2 heterocycles. The van der Waals surface area contributed by atoms with Crippen molar-refractivity contribution in [3.05, 3.63) is 0 Å². The third-order valence-electron chi connectivity index (χ3n) is 4.14. The van der Waals surface area contributed by atoms with Crippen LogP contribution < -0.4 is 10.6 Å². The van der Waals surface area contributed by atoms with Gasteiger partial charge in [-0.1, -0.05) is 0 Å². The molecular weight excluding hydrogens is 244 g/mol. The zero-order chi connectivity index (χ0) is 12.8. The zero-order valence-electron chi connectivity index (χ0n) is 11.5. The number of amides is 1. The van der Waals surface area contributed by atoms with Crippen molar-refractivity contribution in [2.24, 2.45) is 5.92 Å². The molecule has 4 heteroatoms. The average Bonchev–Trinajstić information content (AvgIpc) is 2.83. The quantitative estimate of drug-likeness (QED) is 0.804. The predicted molar refractivity (Wildman–Crippen MR) is 77.9 cm³/mol. The van der Waals surface area contributed by atoms with E-state index in [0.717, 1.165) is 26.1 Å². The number of nitrogens with one attached hydrogen (secondary N) is 2. The molecule has 104 valence electrons. The fraction of sp³-hybridized carbons (Fsp3) is 0.929. The molecule has 2 N–H and O–H groups in total. The highest BCUT2D eigenvalue weighted by Crippen LogP contribution is 2.36. The van der Waals surface area contributed by atoms with Crippen LogP contribution in [-0.4, -0.2) is 36.0 Å².